The summed E-state index contributed by atoms with van der Waals surface area (Å²) >= 11 is 7.24. The van der Waals surface area contributed by atoms with E-state index in [1.807, 2.05) is 16.7 Å². The Labute approximate surface area is 193 Å². The van der Waals surface area contributed by atoms with Crippen LogP contribution in [0.4, 0.5) is 5.69 Å². The zero-order valence-corrected chi connectivity index (χ0v) is 18.7. The fourth-order valence-corrected chi connectivity index (χ4v) is 3.89. The molecule has 1 heterocycles. The second-order valence-electron chi connectivity index (χ2n) is 6.81. The summed E-state index contributed by atoms with van der Waals surface area (Å²) in [5.74, 6) is 0.519. The standard InChI is InChI=1S/C21H20ClN5O4S/c1-14(28)23-12-2-3-20-24-25-21(26(20)17-10-6-16(22)7-11-17)32-13-19(29)15-4-8-18(9-5-15)27(30)31/h4-11H,2-3,12-13H2,1H3,(H,23,28). The van der Waals surface area contributed by atoms with Crippen LogP contribution in [0.15, 0.2) is 53.7 Å². The van der Waals surface area contributed by atoms with E-state index in [1.165, 1.54) is 43.0 Å². The summed E-state index contributed by atoms with van der Waals surface area (Å²) < 4.78 is 1.86. The number of ketones is 1. The predicted octanol–water partition coefficient (Wildman–Crippen LogP) is 3.87. The minimum atomic E-state index is -0.509. The molecule has 0 aliphatic heterocycles. The molecule has 2 aromatic carbocycles. The molecule has 9 nitrogen and oxygen atoms in total. The molecule has 32 heavy (non-hydrogen) atoms. The van der Waals surface area contributed by atoms with Crippen LogP contribution in [0.3, 0.4) is 0 Å². The molecule has 11 heteroatoms. The van der Waals surface area contributed by atoms with E-state index in [1.54, 1.807) is 12.1 Å². The molecule has 0 saturated heterocycles. The Balaban J connectivity index is 1.76. The number of aryl methyl sites for hydroxylation is 1. The summed E-state index contributed by atoms with van der Waals surface area (Å²) in [5.41, 5.74) is 1.12. The monoisotopic (exact) mass is 473 g/mol. The Kier molecular flexibility index (Phi) is 7.96. The number of hydrogen-bond donors (Lipinski definition) is 1. The highest BCUT2D eigenvalue weighted by Gasteiger charge is 2.17. The number of rotatable bonds is 10. The second kappa shape index (κ2) is 10.9. The molecule has 1 amide bonds. The molecule has 3 rings (SSSR count). The number of benzene rings is 2. The van der Waals surface area contributed by atoms with Gasteiger partial charge in [-0.05, 0) is 42.8 Å². The first-order chi connectivity index (χ1) is 15.3. The number of non-ortho nitro benzene ring substituents is 1. The molecular weight excluding hydrogens is 454 g/mol. The van der Waals surface area contributed by atoms with Crippen LogP contribution in [0.2, 0.25) is 5.02 Å². The Morgan fingerprint density at radius 1 is 1.12 bits per heavy atom. The maximum Gasteiger partial charge on any atom is 0.269 e. The largest absolute Gasteiger partial charge is 0.356 e. The first kappa shape index (κ1) is 23.4. The van der Waals surface area contributed by atoms with Crippen molar-refractivity contribution < 1.29 is 14.5 Å². The maximum atomic E-state index is 12.6. The molecule has 1 aromatic heterocycles. The van der Waals surface area contributed by atoms with Crippen molar-refractivity contribution in [3.05, 3.63) is 75.1 Å². The van der Waals surface area contributed by atoms with Crippen molar-refractivity contribution in [1.29, 1.82) is 0 Å². The van der Waals surface area contributed by atoms with Crippen LogP contribution in [0.25, 0.3) is 5.69 Å². The molecule has 0 unspecified atom stereocenters. The number of nitrogens with zero attached hydrogens (tertiary/aromatic N) is 4. The highest BCUT2D eigenvalue weighted by molar-refractivity contribution is 7.99. The summed E-state index contributed by atoms with van der Waals surface area (Å²) in [6.45, 7) is 1.98. The van der Waals surface area contributed by atoms with Crippen molar-refractivity contribution in [3.63, 3.8) is 0 Å². The van der Waals surface area contributed by atoms with E-state index in [9.17, 15) is 19.7 Å². The van der Waals surface area contributed by atoms with E-state index in [-0.39, 0.29) is 23.1 Å². The van der Waals surface area contributed by atoms with Crippen molar-refractivity contribution in [1.82, 2.24) is 20.1 Å². The topological polar surface area (TPSA) is 120 Å². The van der Waals surface area contributed by atoms with Gasteiger partial charge in [0.2, 0.25) is 5.91 Å². The van der Waals surface area contributed by atoms with E-state index < -0.39 is 4.92 Å². The number of thioether (sulfide) groups is 1. The molecule has 3 aromatic rings. The van der Waals surface area contributed by atoms with Gasteiger partial charge in [-0.2, -0.15) is 0 Å². The van der Waals surface area contributed by atoms with Gasteiger partial charge in [-0.3, -0.25) is 24.3 Å². The minimum Gasteiger partial charge on any atom is -0.356 e. The molecule has 0 saturated carbocycles. The molecule has 1 N–H and O–H groups in total. The van der Waals surface area contributed by atoms with Crippen LogP contribution in [-0.2, 0) is 11.2 Å². The van der Waals surface area contributed by atoms with Gasteiger partial charge in [-0.15, -0.1) is 10.2 Å². The van der Waals surface area contributed by atoms with Crippen molar-refractivity contribution in [2.24, 2.45) is 0 Å². The van der Waals surface area contributed by atoms with Crippen LogP contribution in [0.1, 0.15) is 29.5 Å². The number of Topliss-reactive ketones (excluding diaryl/α,β-unsaturated/α-hetero) is 1. The van der Waals surface area contributed by atoms with Crippen LogP contribution in [0.5, 0.6) is 0 Å². The Morgan fingerprint density at radius 3 is 2.44 bits per heavy atom. The molecule has 0 spiro atoms. The Morgan fingerprint density at radius 2 is 1.81 bits per heavy atom. The molecule has 0 aliphatic rings. The smallest absolute Gasteiger partial charge is 0.269 e. The average Bonchev–Trinajstić information content (AvgIpc) is 3.18. The third-order valence-electron chi connectivity index (χ3n) is 4.47. The first-order valence-corrected chi connectivity index (χ1v) is 11.1. The zero-order valence-electron chi connectivity index (χ0n) is 17.2. The van der Waals surface area contributed by atoms with Gasteiger partial charge in [-0.25, -0.2) is 0 Å². The summed E-state index contributed by atoms with van der Waals surface area (Å²) in [4.78, 5) is 33.9. The van der Waals surface area contributed by atoms with Gasteiger partial charge in [0.15, 0.2) is 10.9 Å². The lowest BCUT2D eigenvalue weighted by Crippen LogP contribution is -2.21. The third kappa shape index (κ3) is 6.14. The third-order valence-corrected chi connectivity index (χ3v) is 5.65. The lowest BCUT2D eigenvalue weighted by Gasteiger charge is -2.10. The quantitative estimate of drug-likeness (QED) is 0.156. The van der Waals surface area contributed by atoms with Gasteiger partial charge in [-0.1, -0.05) is 23.4 Å². The fourth-order valence-electron chi connectivity index (χ4n) is 2.90. The summed E-state index contributed by atoms with van der Waals surface area (Å²) in [6, 6.07) is 12.7. The van der Waals surface area contributed by atoms with E-state index in [4.69, 9.17) is 11.6 Å². The number of amides is 1. The molecule has 0 fully saturated rings. The molecular formula is C21H20ClN5O4S. The van der Waals surface area contributed by atoms with Gasteiger partial charge in [0, 0.05) is 48.3 Å². The van der Waals surface area contributed by atoms with Gasteiger partial charge < -0.3 is 5.32 Å². The maximum absolute atomic E-state index is 12.6. The molecule has 0 aliphatic carbocycles. The number of hydrogen-bond acceptors (Lipinski definition) is 7. The van der Waals surface area contributed by atoms with Gasteiger partial charge in [0.05, 0.1) is 10.7 Å². The SMILES string of the molecule is CC(=O)NCCCc1nnc(SCC(=O)c2ccc([N+](=O)[O-])cc2)n1-c1ccc(Cl)cc1. The Bertz CT molecular complexity index is 1120. The van der Waals surface area contributed by atoms with Gasteiger partial charge in [0.1, 0.15) is 5.82 Å². The Hall–Kier alpha value is -3.24. The highest BCUT2D eigenvalue weighted by atomic mass is 35.5. The number of nitrogens with one attached hydrogen (secondary N) is 1. The molecule has 0 bridgehead atoms. The van der Waals surface area contributed by atoms with Crippen molar-refractivity contribution >= 4 is 40.7 Å². The van der Waals surface area contributed by atoms with Crippen LogP contribution in [-0.4, -0.2) is 43.7 Å². The van der Waals surface area contributed by atoms with Gasteiger partial charge in [0.25, 0.3) is 5.69 Å². The van der Waals surface area contributed by atoms with Gasteiger partial charge >= 0.3 is 0 Å². The van der Waals surface area contributed by atoms with E-state index in [0.717, 1.165) is 5.69 Å². The van der Waals surface area contributed by atoms with Crippen molar-refractivity contribution in [2.75, 3.05) is 12.3 Å². The predicted molar refractivity (Wildman–Crippen MR) is 122 cm³/mol. The van der Waals surface area contributed by atoms with E-state index in [0.29, 0.717) is 41.0 Å². The summed E-state index contributed by atoms with van der Waals surface area (Å²) in [7, 11) is 0. The summed E-state index contributed by atoms with van der Waals surface area (Å²) in [6.07, 6.45) is 1.25. The fraction of sp³-hybridized carbons (Fsp3) is 0.238. The second-order valence-corrected chi connectivity index (χ2v) is 8.19. The number of carbonyl (C=O) groups excluding carboxylic acids is 2. The van der Waals surface area contributed by atoms with Crippen molar-refractivity contribution in [2.45, 2.75) is 24.9 Å². The van der Waals surface area contributed by atoms with E-state index >= 15 is 0 Å². The van der Waals surface area contributed by atoms with Crippen LogP contribution in [0, 0.1) is 10.1 Å². The molecule has 0 radical (unpaired) electrons. The lowest BCUT2D eigenvalue weighted by atomic mass is 10.1. The average molecular weight is 474 g/mol. The zero-order chi connectivity index (χ0) is 23.1. The minimum absolute atomic E-state index is 0.0689. The molecule has 0 atom stereocenters. The summed E-state index contributed by atoms with van der Waals surface area (Å²) in [5, 5.41) is 23.2. The normalized spacial score (nSPS) is 10.7. The molecule has 166 valence electrons. The number of nitro benzene ring substituents is 1. The number of nitro groups is 1. The van der Waals surface area contributed by atoms with Crippen LogP contribution >= 0.6 is 23.4 Å². The highest BCUT2D eigenvalue weighted by Crippen LogP contribution is 2.25. The lowest BCUT2D eigenvalue weighted by molar-refractivity contribution is -0.384. The number of aromatic nitrogens is 3. The van der Waals surface area contributed by atoms with E-state index in [2.05, 4.69) is 15.5 Å². The van der Waals surface area contributed by atoms with Crippen LogP contribution < -0.4 is 5.32 Å². The number of halogens is 1. The number of carbonyl (C=O) groups is 2. The van der Waals surface area contributed by atoms with Crippen molar-refractivity contribution in [3.8, 4) is 5.69 Å². The first-order valence-electron chi connectivity index (χ1n) is 9.70.